The number of hydrogen-bond donors (Lipinski definition) is 1. The van der Waals surface area contributed by atoms with Crippen LogP contribution < -0.4 is 4.90 Å². The number of hydrogen-bond acceptors (Lipinski definition) is 2. The summed E-state index contributed by atoms with van der Waals surface area (Å²) in [4.78, 5) is 25.9. The molecule has 1 heterocycles. The molecule has 0 bridgehead atoms. The lowest BCUT2D eigenvalue weighted by molar-refractivity contribution is -0.136. The SMILES string of the molecule is CN(C)C(=O)N1CCc2ccc(CC(=O)O)cc21. The number of carbonyl (C=O) groups excluding carboxylic acids is 1. The van der Waals surface area contributed by atoms with Gasteiger partial charge in [-0.15, -0.1) is 0 Å². The van der Waals surface area contributed by atoms with E-state index in [2.05, 4.69) is 0 Å². The van der Waals surface area contributed by atoms with Crippen molar-refractivity contribution in [3.63, 3.8) is 0 Å². The Morgan fingerprint density at radius 2 is 2.11 bits per heavy atom. The van der Waals surface area contributed by atoms with E-state index in [4.69, 9.17) is 5.11 Å². The molecular weight excluding hydrogens is 232 g/mol. The topological polar surface area (TPSA) is 60.9 Å². The molecule has 0 saturated carbocycles. The Morgan fingerprint density at radius 3 is 2.72 bits per heavy atom. The number of carboxylic acids is 1. The van der Waals surface area contributed by atoms with Crippen molar-refractivity contribution < 1.29 is 14.7 Å². The molecule has 0 spiro atoms. The Labute approximate surface area is 106 Å². The molecule has 2 rings (SSSR count). The molecule has 2 amide bonds. The van der Waals surface area contributed by atoms with Crippen LogP contribution in [-0.2, 0) is 17.6 Å². The van der Waals surface area contributed by atoms with E-state index in [1.54, 1.807) is 25.1 Å². The van der Waals surface area contributed by atoms with Crippen molar-refractivity contribution in [2.45, 2.75) is 12.8 Å². The number of benzene rings is 1. The van der Waals surface area contributed by atoms with Crippen molar-refractivity contribution in [3.05, 3.63) is 29.3 Å². The summed E-state index contributed by atoms with van der Waals surface area (Å²) < 4.78 is 0. The van der Waals surface area contributed by atoms with Gasteiger partial charge in [0.25, 0.3) is 0 Å². The maximum Gasteiger partial charge on any atom is 0.323 e. The van der Waals surface area contributed by atoms with Crippen molar-refractivity contribution in [1.82, 2.24) is 4.90 Å². The van der Waals surface area contributed by atoms with Gasteiger partial charge in [-0.2, -0.15) is 0 Å². The Bertz CT molecular complexity index is 497. The largest absolute Gasteiger partial charge is 0.481 e. The minimum Gasteiger partial charge on any atom is -0.481 e. The molecule has 1 aromatic carbocycles. The van der Waals surface area contributed by atoms with Gasteiger partial charge in [0, 0.05) is 26.3 Å². The molecule has 1 aliphatic heterocycles. The number of urea groups is 1. The molecule has 5 heteroatoms. The van der Waals surface area contributed by atoms with Gasteiger partial charge in [0.05, 0.1) is 6.42 Å². The standard InChI is InChI=1S/C13H16N2O3/c1-14(2)13(18)15-6-5-10-4-3-9(7-11(10)15)8-12(16)17/h3-4,7H,5-6,8H2,1-2H3,(H,16,17). The summed E-state index contributed by atoms with van der Waals surface area (Å²) in [7, 11) is 3.42. The van der Waals surface area contributed by atoms with Crippen LogP contribution in [0.15, 0.2) is 18.2 Å². The average molecular weight is 248 g/mol. The maximum absolute atomic E-state index is 12.0. The van der Waals surface area contributed by atoms with E-state index in [1.165, 1.54) is 4.90 Å². The smallest absolute Gasteiger partial charge is 0.323 e. The van der Waals surface area contributed by atoms with Crippen LogP contribution in [-0.4, -0.2) is 42.6 Å². The van der Waals surface area contributed by atoms with Gasteiger partial charge in [-0.1, -0.05) is 12.1 Å². The number of carboxylic acid groups (broad SMARTS) is 1. The van der Waals surface area contributed by atoms with Crippen LogP contribution in [0.5, 0.6) is 0 Å². The zero-order valence-electron chi connectivity index (χ0n) is 10.5. The van der Waals surface area contributed by atoms with E-state index in [1.807, 2.05) is 12.1 Å². The molecule has 1 N–H and O–H groups in total. The van der Waals surface area contributed by atoms with Crippen LogP contribution in [0, 0.1) is 0 Å². The summed E-state index contributed by atoms with van der Waals surface area (Å²) in [5.41, 5.74) is 2.66. The average Bonchev–Trinajstić information content (AvgIpc) is 2.70. The van der Waals surface area contributed by atoms with Crippen molar-refractivity contribution in [2.75, 3.05) is 25.5 Å². The summed E-state index contributed by atoms with van der Waals surface area (Å²) in [6, 6.07) is 5.46. The van der Waals surface area contributed by atoms with E-state index in [9.17, 15) is 9.59 Å². The number of amides is 2. The van der Waals surface area contributed by atoms with E-state index in [0.717, 1.165) is 23.2 Å². The van der Waals surface area contributed by atoms with Crippen LogP contribution in [0.4, 0.5) is 10.5 Å². The highest BCUT2D eigenvalue weighted by Gasteiger charge is 2.26. The first-order chi connectivity index (χ1) is 8.49. The molecular formula is C13H16N2O3. The van der Waals surface area contributed by atoms with Gasteiger partial charge >= 0.3 is 12.0 Å². The fourth-order valence-corrected chi connectivity index (χ4v) is 2.15. The van der Waals surface area contributed by atoms with Crippen molar-refractivity contribution in [2.24, 2.45) is 0 Å². The second-order valence-corrected chi connectivity index (χ2v) is 4.61. The Morgan fingerprint density at radius 1 is 1.39 bits per heavy atom. The van der Waals surface area contributed by atoms with E-state index in [-0.39, 0.29) is 12.5 Å². The van der Waals surface area contributed by atoms with Gasteiger partial charge in [-0.25, -0.2) is 4.79 Å². The first kappa shape index (κ1) is 12.4. The molecule has 0 atom stereocenters. The monoisotopic (exact) mass is 248 g/mol. The summed E-state index contributed by atoms with van der Waals surface area (Å²) in [6.07, 6.45) is 0.805. The molecule has 0 radical (unpaired) electrons. The van der Waals surface area contributed by atoms with E-state index < -0.39 is 5.97 Å². The van der Waals surface area contributed by atoms with Gasteiger partial charge in [0.1, 0.15) is 0 Å². The number of fused-ring (bicyclic) bond motifs is 1. The normalized spacial score (nSPS) is 13.3. The quantitative estimate of drug-likeness (QED) is 0.859. The number of anilines is 1. The van der Waals surface area contributed by atoms with Crippen LogP contribution in [0.3, 0.4) is 0 Å². The number of nitrogens with zero attached hydrogens (tertiary/aromatic N) is 2. The highest BCUT2D eigenvalue weighted by atomic mass is 16.4. The van der Waals surface area contributed by atoms with E-state index >= 15 is 0 Å². The molecule has 1 aliphatic rings. The first-order valence-electron chi connectivity index (χ1n) is 5.81. The zero-order valence-corrected chi connectivity index (χ0v) is 10.5. The third kappa shape index (κ3) is 2.30. The van der Waals surface area contributed by atoms with E-state index in [0.29, 0.717) is 6.54 Å². The summed E-state index contributed by atoms with van der Waals surface area (Å²) >= 11 is 0. The fraction of sp³-hybridized carbons (Fsp3) is 0.385. The third-order valence-corrected chi connectivity index (χ3v) is 3.01. The van der Waals surface area contributed by atoms with Crippen molar-refractivity contribution >= 4 is 17.7 Å². The van der Waals surface area contributed by atoms with Crippen LogP contribution in [0.2, 0.25) is 0 Å². The highest BCUT2D eigenvalue weighted by Crippen LogP contribution is 2.29. The fourth-order valence-electron chi connectivity index (χ4n) is 2.15. The van der Waals surface area contributed by atoms with Gasteiger partial charge in [0.15, 0.2) is 0 Å². The Kier molecular flexibility index (Phi) is 3.23. The number of aliphatic carboxylic acids is 1. The predicted octanol–water partition coefficient (Wildman–Crippen LogP) is 1.36. The lowest BCUT2D eigenvalue weighted by atomic mass is 10.1. The van der Waals surface area contributed by atoms with Gasteiger partial charge in [-0.05, 0) is 23.6 Å². The minimum atomic E-state index is -0.863. The summed E-state index contributed by atoms with van der Waals surface area (Å²) in [5, 5.41) is 8.79. The van der Waals surface area contributed by atoms with Crippen molar-refractivity contribution in [3.8, 4) is 0 Å². The lowest BCUT2D eigenvalue weighted by Gasteiger charge is -2.22. The zero-order chi connectivity index (χ0) is 13.3. The van der Waals surface area contributed by atoms with Crippen LogP contribution in [0.25, 0.3) is 0 Å². The van der Waals surface area contributed by atoms with Crippen molar-refractivity contribution in [1.29, 1.82) is 0 Å². The molecule has 0 unspecified atom stereocenters. The highest BCUT2D eigenvalue weighted by molar-refractivity contribution is 5.94. The molecule has 0 aromatic heterocycles. The number of rotatable bonds is 2. The molecule has 96 valence electrons. The summed E-state index contributed by atoms with van der Waals surface area (Å²) in [6.45, 7) is 0.656. The molecule has 0 saturated heterocycles. The minimum absolute atomic E-state index is 0.0166. The van der Waals surface area contributed by atoms with Gasteiger partial charge < -0.3 is 10.0 Å². The van der Waals surface area contributed by atoms with Gasteiger partial charge in [0.2, 0.25) is 0 Å². The van der Waals surface area contributed by atoms with Gasteiger partial charge in [-0.3, -0.25) is 9.69 Å². The van der Waals surface area contributed by atoms with Crippen LogP contribution in [0.1, 0.15) is 11.1 Å². The summed E-state index contributed by atoms with van der Waals surface area (Å²) in [5.74, 6) is -0.863. The maximum atomic E-state index is 12.0. The first-order valence-corrected chi connectivity index (χ1v) is 5.81. The molecule has 18 heavy (non-hydrogen) atoms. The molecule has 0 aliphatic carbocycles. The second kappa shape index (κ2) is 4.68. The number of carbonyl (C=O) groups is 2. The molecule has 5 nitrogen and oxygen atoms in total. The predicted molar refractivity (Wildman–Crippen MR) is 67.9 cm³/mol. The Balaban J connectivity index is 2.30. The third-order valence-electron chi connectivity index (χ3n) is 3.01. The molecule has 1 aromatic rings. The Hall–Kier alpha value is -2.04. The lowest BCUT2D eigenvalue weighted by Crippen LogP contribution is -2.38. The van der Waals surface area contributed by atoms with Crippen LogP contribution >= 0.6 is 0 Å². The molecule has 0 fully saturated rings. The second-order valence-electron chi connectivity index (χ2n) is 4.61.